The second-order valence-corrected chi connectivity index (χ2v) is 6.55. The number of nitrogens with zero attached hydrogens (tertiary/aromatic N) is 1. The van der Waals surface area contributed by atoms with Gasteiger partial charge >= 0.3 is 0 Å². The molecule has 1 aromatic carbocycles. The maximum atomic E-state index is 13.6. The molecule has 1 aromatic rings. The van der Waals surface area contributed by atoms with E-state index in [2.05, 4.69) is 15.9 Å². The number of thioether (sulfide) groups is 1. The van der Waals surface area contributed by atoms with E-state index in [1.165, 1.54) is 6.07 Å². The number of methoxy groups -OCH3 is 1. The van der Waals surface area contributed by atoms with Crippen molar-refractivity contribution in [3.63, 3.8) is 0 Å². The Bertz CT molecular complexity index is 480. The Morgan fingerprint density at radius 3 is 3.05 bits per heavy atom. The van der Waals surface area contributed by atoms with E-state index in [-0.39, 0.29) is 16.4 Å². The van der Waals surface area contributed by atoms with Gasteiger partial charge in [-0.05, 0) is 40.2 Å². The van der Waals surface area contributed by atoms with E-state index in [1.54, 1.807) is 19.2 Å². The van der Waals surface area contributed by atoms with E-state index in [9.17, 15) is 9.18 Å². The maximum absolute atomic E-state index is 13.6. The standard InChI is InChI=1S/C14H17BrFNO2S/c1-19-7-6-17(10-5-8-20-9-10)14(18)11-3-2-4-12(16)13(11)15/h2-4,10H,5-9H2,1H3. The second kappa shape index (κ2) is 7.43. The number of benzene rings is 1. The molecule has 0 aliphatic carbocycles. The van der Waals surface area contributed by atoms with Crippen LogP contribution in [-0.4, -0.2) is 48.6 Å². The Kier molecular flexibility index (Phi) is 5.86. The molecule has 1 fully saturated rings. The summed E-state index contributed by atoms with van der Waals surface area (Å²) in [5.74, 6) is 1.44. The van der Waals surface area contributed by atoms with Crippen LogP contribution in [0.3, 0.4) is 0 Å². The Balaban J connectivity index is 2.22. The van der Waals surface area contributed by atoms with Crippen molar-refractivity contribution in [2.45, 2.75) is 12.5 Å². The molecular weight excluding hydrogens is 345 g/mol. The predicted molar refractivity (Wildman–Crippen MR) is 82.7 cm³/mol. The molecule has 1 heterocycles. The van der Waals surface area contributed by atoms with Gasteiger partial charge in [-0.2, -0.15) is 11.8 Å². The predicted octanol–water partition coefficient (Wildman–Crippen LogP) is 3.18. The van der Waals surface area contributed by atoms with Crippen LogP contribution in [0.1, 0.15) is 16.8 Å². The van der Waals surface area contributed by atoms with Gasteiger partial charge in [-0.25, -0.2) is 4.39 Å². The molecule has 1 unspecified atom stereocenters. The first-order valence-electron chi connectivity index (χ1n) is 6.46. The SMILES string of the molecule is COCCN(C(=O)c1cccc(F)c1Br)C1CCSC1. The van der Waals surface area contributed by atoms with Crippen LogP contribution in [0, 0.1) is 5.82 Å². The third-order valence-electron chi connectivity index (χ3n) is 3.33. The zero-order chi connectivity index (χ0) is 14.5. The number of carbonyl (C=O) groups is 1. The molecule has 3 nitrogen and oxygen atoms in total. The highest BCUT2D eigenvalue weighted by Gasteiger charge is 2.28. The van der Waals surface area contributed by atoms with E-state index < -0.39 is 5.82 Å². The molecule has 1 amide bonds. The van der Waals surface area contributed by atoms with Crippen LogP contribution >= 0.6 is 27.7 Å². The Hall–Kier alpha value is -0.590. The first kappa shape index (κ1) is 15.8. The monoisotopic (exact) mass is 361 g/mol. The number of ether oxygens (including phenoxy) is 1. The number of hydrogen-bond acceptors (Lipinski definition) is 3. The first-order valence-corrected chi connectivity index (χ1v) is 8.41. The van der Waals surface area contributed by atoms with Crippen molar-refractivity contribution < 1.29 is 13.9 Å². The van der Waals surface area contributed by atoms with Gasteiger partial charge in [0.1, 0.15) is 5.82 Å². The molecule has 1 saturated heterocycles. The molecule has 0 bridgehead atoms. The van der Waals surface area contributed by atoms with Crippen LogP contribution in [0.4, 0.5) is 4.39 Å². The zero-order valence-corrected chi connectivity index (χ0v) is 13.7. The quantitative estimate of drug-likeness (QED) is 0.806. The number of hydrogen-bond donors (Lipinski definition) is 0. The molecule has 1 aliphatic rings. The summed E-state index contributed by atoms with van der Waals surface area (Å²) in [5, 5.41) is 0. The molecule has 1 atom stereocenters. The van der Waals surface area contributed by atoms with E-state index >= 15 is 0 Å². The van der Waals surface area contributed by atoms with E-state index in [0.29, 0.717) is 18.7 Å². The first-order chi connectivity index (χ1) is 9.65. The van der Waals surface area contributed by atoms with Crippen molar-refractivity contribution in [3.8, 4) is 0 Å². The average molecular weight is 362 g/mol. The summed E-state index contributed by atoms with van der Waals surface area (Å²) in [4.78, 5) is 14.5. The minimum Gasteiger partial charge on any atom is -0.383 e. The minimum absolute atomic E-state index is 0.138. The van der Waals surface area contributed by atoms with Crippen molar-refractivity contribution in [2.75, 3.05) is 31.8 Å². The fraction of sp³-hybridized carbons (Fsp3) is 0.500. The maximum Gasteiger partial charge on any atom is 0.255 e. The lowest BCUT2D eigenvalue weighted by Gasteiger charge is -2.28. The highest BCUT2D eigenvalue weighted by molar-refractivity contribution is 9.10. The Morgan fingerprint density at radius 2 is 2.40 bits per heavy atom. The van der Waals surface area contributed by atoms with Crippen molar-refractivity contribution in [1.82, 2.24) is 4.90 Å². The molecule has 0 radical (unpaired) electrons. The van der Waals surface area contributed by atoms with E-state index in [4.69, 9.17) is 4.74 Å². The largest absolute Gasteiger partial charge is 0.383 e. The Morgan fingerprint density at radius 1 is 1.60 bits per heavy atom. The van der Waals surface area contributed by atoms with Crippen LogP contribution in [0.15, 0.2) is 22.7 Å². The van der Waals surface area contributed by atoms with Gasteiger partial charge in [0.05, 0.1) is 16.6 Å². The molecule has 0 N–H and O–H groups in total. The molecule has 0 spiro atoms. The summed E-state index contributed by atoms with van der Waals surface area (Å²) in [5.41, 5.74) is 0.373. The number of carbonyl (C=O) groups excluding carboxylic acids is 1. The topological polar surface area (TPSA) is 29.5 Å². The van der Waals surface area contributed by atoms with Gasteiger partial charge in [0.15, 0.2) is 0 Å². The van der Waals surface area contributed by atoms with Gasteiger partial charge in [0.2, 0.25) is 0 Å². The lowest BCUT2D eigenvalue weighted by atomic mass is 10.1. The lowest BCUT2D eigenvalue weighted by molar-refractivity contribution is 0.0623. The summed E-state index contributed by atoms with van der Waals surface area (Å²) < 4.78 is 18.9. The number of amides is 1. The molecule has 0 aromatic heterocycles. The summed E-state index contributed by atoms with van der Waals surface area (Å²) in [7, 11) is 1.62. The van der Waals surface area contributed by atoms with Crippen molar-refractivity contribution in [3.05, 3.63) is 34.1 Å². The van der Waals surface area contributed by atoms with Crippen LogP contribution < -0.4 is 0 Å². The van der Waals surface area contributed by atoms with Crippen LogP contribution in [0.25, 0.3) is 0 Å². The van der Waals surface area contributed by atoms with Crippen LogP contribution in [0.5, 0.6) is 0 Å². The zero-order valence-electron chi connectivity index (χ0n) is 11.3. The van der Waals surface area contributed by atoms with Gasteiger partial charge in [-0.3, -0.25) is 4.79 Å². The van der Waals surface area contributed by atoms with Crippen LogP contribution in [0.2, 0.25) is 0 Å². The number of halogens is 2. The molecule has 2 rings (SSSR count). The fourth-order valence-electron chi connectivity index (χ4n) is 2.23. The average Bonchev–Trinajstić information content (AvgIpc) is 2.96. The van der Waals surface area contributed by atoms with Gasteiger partial charge < -0.3 is 9.64 Å². The molecule has 1 aliphatic heterocycles. The summed E-state index contributed by atoms with van der Waals surface area (Å²) in [6, 6.07) is 4.76. The second-order valence-electron chi connectivity index (χ2n) is 4.61. The highest BCUT2D eigenvalue weighted by atomic mass is 79.9. The lowest BCUT2D eigenvalue weighted by Crippen LogP contribution is -2.42. The molecule has 0 saturated carbocycles. The smallest absolute Gasteiger partial charge is 0.255 e. The Labute approximate surface area is 131 Å². The van der Waals surface area contributed by atoms with Gasteiger partial charge in [0.25, 0.3) is 5.91 Å². The summed E-state index contributed by atoms with van der Waals surface area (Å²) in [6.07, 6.45) is 0.979. The van der Waals surface area contributed by atoms with Crippen molar-refractivity contribution in [1.29, 1.82) is 0 Å². The van der Waals surface area contributed by atoms with Crippen molar-refractivity contribution in [2.24, 2.45) is 0 Å². The minimum atomic E-state index is -0.414. The molecule has 6 heteroatoms. The van der Waals surface area contributed by atoms with E-state index in [1.807, 2.05) is 16.7 Å². The molecular formula is C14H17BrFNO2S. The van der Waals surface area contributed by atoms with Crippen LogP contribution in [-0.2, 0) is 4.74 Å². The number of rotatable bonds is 5. The molecule has 110 valence electrons. The fourth-order valence-corrected chi connectivity index (χ4v) is 3.89. The third kappa shape index (κ3) is 3.54. The van der Waals surface area contributed by atoms with Gasteiger partial charge in [-0.15, -0.1) is 0 Å². The van der Waals surface area contributed by atoms with Gasteiger partial charge in [-0.1, -0.05) is 6.07 Å². The normalized spacial score (nSPS) is 18.2. The molecule has 20 heavy (non-hydrogen) atoms. The highest BCUT2D eigenvalue weighted by Crippen LogP contribution is 2.27. The summed E-state index contributed by atoms with van der Waals surface area (Å²) >= 11 is 5.01. The third-order valence-corrected chi connectivity index (χ3v) is 5.28. The van der Waals surface area contributed by atoms with Crippen molar-refractivity contribution >= 4 is 33.6 Å². The van der Waals surface area contributed by atoms with Gasteiger partial charge in [0, 0.05) is 25.4 Å². The summed E-state index contributed by atoms with van der Waals surface area (Å²) in [6.45, 7) is 1.02. The van der Waals surface area contributed by atoms with E-state index in [0.717, 1.165) is 17.9 Å².